The Kier molecular flexibility index (Phi) is 8.33. The number of halogens is 1. The minimum absolute atomic E-state index is 0.0203. The van der Waals surface area contributed by atoms with Crippen molar-refractivity contribution < 1.29 is 5.11 Å². The van der Waals surface area contributed by atoms with Gasteiger partial charge in [-0.1, -0.05) is 0 Å². The number of rotatable bonds is 11. The van der Waals surface area contributed by atoms with Crippen molar-refractivity contribution in [3.8, 4) is 0 Å². The highest BCUT2D eigenvalue weighted by Crippen LogP contribution is 2.23. The third-order valence-corrected chi connectivity index (χ3v) is 4.65. The summed E-state index contributed by atoms with van der Waals surface area (Å²) in [6, 6.07) is 9.50. The molecule has 11 heteroatoms. The number of likely N-dealkylation sites (N-methyl/N-ethyl adjacent to an activating group) is 1. The van der Waals surface area contributed by atoms with Gasteiger partial charge in [-0.15, -0.1) is 0 Å². The molecule has 0 aliphatic heterocycles. The fraction of sp³-hybridized carbons (Fsp3) is 0.300. The van der Waals surface area contributed by atoms with Crippen molar-refractivity contribution in [1.82, 2.24) is 24.8 Å². The van der Waals surface area contributed by atoms with Crippen molar-refractivity contribution in [2.24, 2.45) is 0 Å². The predicted octanol–water partition coefficient (Wildman–Crippen LogP) is 2.89. The third kappa shape index (κ3) is 7.31. The molecule has 0 radical (unpaired) electrons. The van der Waals surface area contributed by atoms with Crippen LogP contribution < -0.4 is 21.3 Å². The van der Waals surface area contributed by atoms with Gasteiger partial charge in [-0.25, -0.2) is 9.97 Å². The molecule has 0 spiro atoms. The second-order valence-electron chi connectivity index (χ2n) is 6.86. The van der Waals surface area contributed by atoms with Crippen LogP contribution in [0.1, 0.15) is 0 Å². The Morgan fingerprint density at radius 3 is 2.23 bits per heavy atom. The smallest absolute Gasteiger partial charge is 0.229 e. The Hall–Kier alpha value is -3.02. The Bertz CT molecular complexity index is 969. The summed E-state index contributed by atoms with van der Waals surface area (Å²) in [4.78, 5) is 19.5. The molecule has 0 unspecified atom stereocenters. The Morgan fingerprint density at radius 2 is 1.58 bits per heavy atom. The SMILES string of the molecule is CN(C)CCNc1ccnc(Nc2ccc(Nc3ncc(Br)c(NCCO)n3)cc2)n1. The third-order valence-electron chi connectivity index (χ3n) is 4.07. The van der Waals surface area contributed by atoms with Gasteiger partial charge in [0.2, 0.25) is 11.9 Å². The van der Waals surface area contributed by atoms with Crippen LogP contribution in [0.2, 0.25) is 0 Å². The number of aliphatic hydroxyl groups is 1. The summed E-state index contributed by atoms with van der Waals surface area (Å²) in [7, 11) is 4.06. The van der Waals surface area contributed by atoms with Crippen LogP contribution >= 0.6 is 15.9 Å². The molecule has 3 aromatic rings. The number of nitrogens with zero attached hydrogens (tertiary/aromatic N) is 5. The average molecular weight is 488 g/mol. The quantitative estimate of drug-likeness (QED) is 0.275. The molecule has 0 bridgehead atoms. The Balaban J connectivity index is 1.59. The lowest BCUT2D eigenvalue weighted by molar-refractivity contribution is 0.311. The minimum atomic E-state index is 0.0203. The number of hydrogen-bond donors (Lipinski definition) is 5. The van der Waals surface area contributed by atoms with Crippen molar-refractivity contribution in [1.29, 1.82) is 0 Å². The summed E-state index contributed by atoms with van der Waals surface area (Å²) in [6.45, 7) is 2.15. The molecule has 3 rings (SSSR count). The molecule has 0 amide bonds. The first-order valence-electron chi connectivity index (χ1n) is 9.76. The van der Waals surface area contributed by atoms with E-state index in [1.807, 2.05) is 44.4 Å². The largest absolute Gasteiger partial charge is 0.395 e. The highest BCUT2D eigenvalue weighted by molar-refractivity contribution is 9.10. The first kappa shape index (κ1) is 22.7. The molecular formula is C20H26BrN9O. The van der Waals surface area contributed by atoms with Gasteiger partial charge in [0.1, 0.15) is 11.6 Å². The first-order chi connectivity index (χ1) is 15.0. The van der Waals surface area contributed by atoms with Crippen molar-refractivity contribution in [2.75, 3.05) is 61.6 Å². The number of anilines is 6. The molecule has 5 N–H and O–H groups in total. The van der Waals surface area contributed by atoms with E-state index in [1.165, 1.54) is 0 Å². The standard InChI is InChI=1S/C20H26BrN9O/c1-30(2)11-9-22-17-7-8-24-19(28-17)26-14-3-5-15(6-4-14)27-20-25-13-16(21)18(29-20)23-10-12-31/h3-8,13,31H,9-12H2,1-2H3,(H2,22,24,26,28)(H2,23,25,27,29). The molecule has 0 fully saturated rings. The van der Waals surface area contributed by atoms with E-state index in [0.717, 1.165) is 34.8 Å². The number of aliphatic hydroxyl groups excluding tert-OH is 1. The molecule has 10 nitrogen and oxygen atoms in total. The maximum atomic E-state index is 8.97. The normalized spacial score (nSPS) is 10.7. The molecule has 31 heavy (non-hydrogen) atoms. The van der Waals surface area contributed by atoms with E-state index in [2.05, 4.69) is 62.0 Å². The minimum Gasteiger partial charge on any atom is -0.395 e. The van der Waals surface area contributed by atoms with Crippen LogP contribution in [0.4, 0.5) is 34.9 Å². The molecule has 164 valence electrons. The molecule has 0 aliphatic carbocycles. The lowest BCUT2D eigenvalue weighted by Crippen LogP contribution is -2.21. The molecular weight excluding hydrogens is 462 g/mol. The second-order valence-corrected chi connectivity index (χ2v) is 7.72. The summed E-state index contributed by atoms with van der Waals surface area (Å²) < 4.78 is 0.726. The fourth-order valence-corrected chi connectivity index (χ4v) is 2.88. The summed E-state index contributed by atoms with van der Waals surface area (Å²) in [6.07, 6.45) is 3.37. The number of nitrogens with one attached hydrogen (secondary N) is 4. The molecule has 0 saturated carbocycles. The maximum Gasteiger partial charge on any atom is 0.229 e. The zero-order valence-corrected chi connectivity index (χ0v) is 19.0. The van der Waals surface area contributed by atoms with Gasteiger partial charge >= 0.3 is 0 Å². The molecule has 1 aromatic carbocycles. The van der Waals surface area contributed by atoms with Gasteiger partial charge in [-0.3, -0.25) is 0 Å². The summed E-state index contributed by atoms with van der Waals surface area (Å²) >= 11 is 3.39. The fourth-order valence-electron chi connectivity index (χ4n) is 2.55. The van der Waals surface area contributed by atoms with Crippen LogP contribution in [0.25, 0.3) is 0 Å². The highest BCUT2D eigenvalue weighted by atomic mass is 79.9. The van der Waals surface area contributed by atoms with Crippen molar-refractivity contribution in [2.45, 2.75) is 0 Å². The van der Waals surface area contributed by atoms with Crippen LogP contribution in [0.5, 0.6) is 0 Å². The lowest BCUT2D eigenvalue weighted by atomic mass is 10.3. The van der Waals surface area contributed by atoms with Crippen molar-refractivity contribution >= 4 is 50.8 Å². The van der Waals surface area contributed by atoms with E-state index >= 15 is 0 Å². The van der Waals surface area contributed by atoms with Crippen molar-refractivity contribution in [3.05, 3.63) is 47.2 Å². The lowest BCUT2D eigenvalue weighted by Gasteiger charge is -2.12. The van der Waals surface area contributed by atoms with Crippen LogP contribution in [0.15, 0.2) is 47.2 Å². The van der Waals surface area contributed by atoms with Gasteiger partial charge in [0, 0.05) is 43.4 Å². The Morgan fingerprint density at radius 1 is 0.903 bits per heavy atom. The summed E-state index contributed by atoms with van der Waals surface area (Å²) in [5.74, 6) is 2.35. The van der Waals surface area contributed by atoms with Gasteiger partial charge in [-0.2, -0.15) is 9.97 Å². The van der Waals surface area contributed by atoms with Gasteiger partial charge in [0.25, 0.3) is 0 Å². The monoisotopic (exact) mass is 487 g/mol. The molecule has 0 atom stereocenters. The summed E-state index contributed by atoms with van der Waals surface area (Å²) in [5.41, 5.74) is 1.69. The molecule has 2 heterocycles. The zero-order chi connectivity index (χ0) is 22.1. The van der Waals surface area contributed by atoms with Crippen LogP contribution in [0, 0.1) is 0 Å². The van der Waals surface area contributed by atoms with Crippen molar-refractivity contribution in [3.63, 3.8) is 0 Å². The van der Waals surface area contributed by atoms with E-state index < -0.39 is 0 Å². The molecule has 0 aliphatic rings. The first-order valence-corrected chi connectivity index (χ1v) is 10.6. The van der Waals surface area contributed by atoms with Crippen LogP contribution in [0.3, 0.4) is 0 Å². The van der Waals surface area contributed by atoms with Gasteiger partial charge in [-0.05, 0) is 60.4 Å². The van der Waals surface area contributed by atoms with E-state index in [9.17, 15) is 0 Å². The maximum absolute atomic E-state index is 8.97. The van der Waals surface area contributed by atoms with Gasteiger partial charge in [0.05, 0.1) is 11.1 Å². The number of benzene rings is 1. The molecule has 2 aromatic heterocycles. The van der Waals surface area contributed by atoms with Crippen LogP contribution in [-0.4, -0.2) is 70.3 Å². The average Bonchev–Trinajstić information content (AvgIpc) is 2.75. The second kappa shape index (κ2) is 11.4. The zero-order valence-electron chi connectivity index (χ0n) is 17.4. The number of aromatic nitrogens is 4. The molecule has 0 saturated heterocycles. The number of hydrogen-bond acceptors (Lipinski definition) is 10. The Labute approximate surface area is 189 Å². The van der Waals surface area contributed by atoms with E-state index in [4.69, 9.17) is 5.11 Å². The van der Waals surface area contributed by atoms with E-state index in [0.29, 0.717) is 24.3 Å². The van der Waals surface area contributed by atoms with Gasteiger partial charge < -0.3 is 31.3 Å². The van der Waals surface area contributed by atoms with E-state index in [1.54, 1.807) is 12.4 Å². The topological polar surface area (TPSA) is 123 Å². The van der Waals surface area contributed by atoms with Gasteiger partial charge in [0.15, 0.2) is 0 Å². The van der Waals surface area contributed by atoms with Crippen LogP contribution in [-0.2, 0) is 0 Å². The predicted molar refractivity (Wildman–Crippen MR) is 127 cm³/mol. The summed E-state index contributed by atoms with van der Waals surface area (Å²) in [5, 5.41) is 21.6. The highest BCUT2D eigenvalue weighted by Gasteiger charge is 2.06. The van der Waals surface area contributed by atoms with E-state index in [-0.39, 0.29) is 6.61 Å².